The molecular formula is C14H23Cl2NO2. The summed E-state index contributed by atoms with van der Waals surface area (Å²) in [5.41, 5.74) is 1.03. The van der Waals surface area contributed by atoms with Gasteiger partial charge >= 0.3 is 0 Å². The first-order valence-corrected chi connectivity index (χ1v) is 6.66. The minimum absolute atomic E-state index is 0. The lowest BCUT2D eigenvalue weighted by atomic mass is 10.1. The van der Waals surface area contributed by atoms with E-state index in [1.165, 1.54) is 0 Å². The van der Waals surface area contributed by atoms with Crippen molar-refractivity contribution in [2.45, 2.75) is 27.3 Å². The van der Waals surface area contributed by atoms with E-state index >= 15 is 0 Å². The number of methoxy groups -OCH3 is 1. The topological polar surface area (TPSA) is 30.5 Å². The van der Waals surface area contributed by atoms with Crippen LogP contribution in [0.3, 0.4) is 0 Å². The Balaban J connectivity index is 0.00000324. The van der Waals surface area contributed by atoms with Gasteiger partial charge in [-0.25, -0.2) is 0 Å². The van der Waals surface area contributed by atoms with Crippen molar-refractivity contribution >= 4 is 24.0 Å². The Hall–Kier alpha value is -0.640. The van der Waals surface area contributed by atoms with Gasteiger partial charge in [-0.1, -0.05) is 25.4 Å². The second-order valence-electron chi connectivity index (χ2n) is 4.55. The number of halogens is 2. The van der Waals surface area contributed by atoms with Crippen LogP contribution in [-0.4, -0.2) is 20.3 Å². The summed E-state index contributed by atoms with van der Waals surface area (Å²) in [6.45, 7) is 8.61. The highest BCUT2D eigenvalue weighted by Gasteiger charge is 2.10. The van der Waals surface area contributed by atoms with E-state index in [1.54, 1.807) is 13.2 Å². The highest BCUT2D eigenvalue weighted by molar-refractivity contribution is 6.31. The molecule has 1 aromatic carbocycles. The van der Waals surface area contributed by atoms with Crippen molar-refractivity contribution in [1.29, 1.82) is 0 Å². The predicted molar refractivity (Wildman–Crippen MR) is 83.0 cm³/mol. The lowest BCUT2D eigenvalue weighted by molar-refractivity contribution is 0.310. The average molecular weight is 308 g/mol. The standard InChI is InChI=1S/C14H22ClNO2.ClH/c1-5-18-14-6-11(9-16-8-10(2)3)12(15)7-13(14)17-4;/h6-7,10,16H,5,8-9H2,1-4H3;1H. The first kappa shape index (κ1) is 18.4. The van der Waals surface area contributed by atoms with E-state index in [1.807, 2.05) is 13.0 Å². The minimum atomic E-state index is 0. The van der Waals surface area contributed by atoms with E-state index in [0.717, 1.165) is 24.4 Å². The number of rotatable bonds is 7. The quantitative estimate of drug-likeness (QED) is 0.828. The molecule has 0 aromatic heterocycles. The lowest BCUT2D eigenvalue weighted by Crippen LogP contribution is -2.19. The van der Waals surface area contributed by atoms with Crippen LogP contribution in [0.1, 0.15) is 26.3 Å². The van der Waals surface area contributed by atoms with Gasteiger partial charge in [-0.15, -0.1) is 12.4 Å². The summed E-state index contributed by atoms with van der Waals surface area (Å²) in [5, 5.41) is 4.07. The number of nitrogens with one attached hydrogen (secondary N) is 1. The molecule has 110 valence electrons. The zero-order chi connectivity index (χ0) is 13.5. The Morgan fingerprint density at radius 1 is 1.26 bits per heavy atom. The zero-order valence-corrected chi connectivity index (χ0v) is 13.5. The molecule has 0 heterocycles. The molecule has 1 rings (SSSR count). The summed E-state index contributed by atoms with van der Waals surface area (Å²) >= 11 is 6.22. The fourth-order valence-corrected chi connectivity index (χ4v) is 1.86. The van der Waals surface area contributed by atoms with Gasteiger partial charge in [0.25, 0.3) is 0 Å². The number of hydrogen-bond acceptors (Lipinski definition) is 3. The Kier molecular flexibility index (Phi) is 8.98. The zero-order valence-electron chi connectivity index (χ0n) is 12.0. The average Bonchev–Trinajstić information content (AvgIpc) is 2.32. The SMILES string of the molecule is CCOc1cc(CNCC(C)C)c(Cl)cc1OC.Cl. The van der Waals surface area contributed by atoms with Crippen LogP contribution in [0.25, 0.3) is 0 Å². The van der Waals surface area contributed by atoms with Crippen molar-refractivity contribution in [3.8, 4) is 11.5 Å². The molecular weight excluding hydrogens is 285 g/mol. The largest absolute Gasteiger partial charge is 0.493 e. The van der Waals surface area contributed by atoms with Gasteiger partial charge in [0.05, 0.1) is 13.7 Å². The molecule has 0 fully saturated rings. The smallest absolute Gasteiger partial charge is 0.162 e. The summed E-state index contributed by atoms with van der Waals surface area (Å²) in [5.74, 6) is 2.04. The molecule has 0 saturated heterocycles. The van der Waals surface area contributed by atoms with Crippen LogP contribution in [0.15, 0.2) is 12.1 Å². The van der Waals surface area contributed by atoms with Crippen molar-refractivity contribution in [3.05, 3.63) is 22.7 Å². The molecule has 0 saturated carbocycles. The minimum Gasteiger partial charge on any atom is -0.493 e. The van der Waals surface area contributed by atoms with Crippen LogP contribution in [0.2, 0.25) is 5.02 Å². The maximum atomic E-state index is 6.22. The molecule has 3 nitrogen and oxygen atoms in total. The molecule has 0 atom stereocenters. The maximum absolute atomic E-state index is 6.22. The summed E-state index contributed by atoms with van der Waals surface area (Å²) in [6.07, 6.45) is 0. The van der Waals surface area contributed by atoms with Gasteiger partial charge in [-0.05, 0) is 31.0 Å². The van der Waals surface area contributed by atoms with Crippen molar-refractivity contribution in [2.75, 3.05) is 20.3 Å². The van der Waals surface area contributed by atoms with Gasteiger partial charge in [0.15, 0.2) is 11.5 Å². The van der Waals surface area contributed by atoms with Gasteiger partial charge in [-0.3, -0.25) is 0 Å². The highest BCUT2D eigenvalue weighted by atomic mass is 35.5. The molecule has 0 spiro atoms. The van der Waals surface area contributed by atoms with E-state index in [2.05, 4.69) is 19.2 Å². The second-order valence-corrected chi connectivity index (χ2v) is 4.96. The molecule has 0 aliphatic heterocycles. The van der Waals surface area contributed by atoms with E-state index in [0.29, 0.717) is 23.3 Å². The predicted octanol–water partition coefficient (Wildman–Crippen LogP) is 3.91. The van der Waals surface area contributed by atoms with Crippen molar-refractivity contribution in [1.82, 2.24) is 5.32 Å². The van der Waals surface area contributed by atoms with Crippen molar-refractivity contribution in [2.24, 2.45) is 5.92 Å². The van der Waals surface area contributed by atoms with Gasteiger partial charge in [0.2, 0.25) is 0 Å². The monoisotopic (exact) mass is 307 g/mol. The van der Waals surface area contributed by atoms with E-state index in [-0.39, 0.29) is 12.4 Å². The molecule has 5 heteroatoms. The van der Waals surface area contributed by atoms with Crippen LogP contribution < -0.4 is 14.8 Å². The third-order valence-corrected chi connectivity index (χ3v) is 2.85. The van der Waals surface area contributed by atoms with E-state index in [4.69, 9.17) is 21.1 Å². The maximum Gasteiger partial charge on any atom is 0.162 e. The molecule has 1 aromatic rings. The molecule has 0 aliphatic rings. The summed E-state index contributed by atoms with van der Waals surface area (Å²) in [6, 6.07) is 3.75. The molecule has 0 radical (unpaired) electrons. The normalized spacial score (nSPS) is 10.2. The van der Waals surface area contributed by atoms with Crippen LogP contribution in [0, 0.1) is 5.92 Å². The van der Waals surface area contributed by atoms with Gasteiger partial charge in [0, 0.05) is 17.6 Å². The van der Waals surface area contributed by atoms with Crippen LogP contribution in [-0.2, 0) is 6.54 Å². The fraction of sp³-hybridized carbons (Fsp3) is 0.571. The Morgan fingerprint density at radius 2 is 1.95 bits per heavy atom. The molecule has 0 bridgehead atoms. The number of benzene rings is 1. The Labute approximate surface area is 127 Å². The van der Waals surface area contributed by atoms with E-state index < -0.39 is 0 Å². The molecule has 0 unspecified atom stereocenters. The summed E-state index contributed by atoms with van der Waals surface area (Å²) in [7, 11) is 1.62. The van der Waals surface area contributed by atoms with Gasteiger partial charge in [-0.2, -0.15) is 0 Å². The van der Waals surface area contributed by atoms with Crippen LogP contribution in [0.4, 0.5) is 0 Å². The van der Waals surface area contributed by atoms with Crippen molar-refractivity contribution in [3.63, 3.8) is 0 Å². The molecule has 1 N–H and O–H groups in total. The fourth-order valence-electron chi connectivity index (χ4n) is 1.64. The lowest BCUT2D eigenvalue weighted by Gasteiger charge is -2.14. The second kappa shape index (κ2) is 9.29. The molecule has 0 aliphatic carbocycles. The Morgan fingerprint density at radius 3 is 2.47 bits per heavy atom. The molecule has 19 heavy (non-hydrogen) atoms. The first-order chi connectivity index (χ1) is 8.58. The highest BCUT2D eigenvalue weighted by Crippen LogP contribution is 2.33. The number of ether oxygens (including phenoxy) is 2. The number of hydrogen-bond donors (Lipinski definition) is 1. The summed E-state index contributed by atoms with van der Waals surface area (Å²) in [4.78, 5) is 0. The third-order valence-electron chi connectivity index (χ3n) is 2.50. The van der Waals surface area contributed by atoms with Gasteiger partial charge in [0.1, 0.15) is 0 Å². The Bertz CT molecular complexity index is 384. The summed E-state index contributed by atoms with van der Waals surface area (Å²) < 4.78 is 10.8. The van der Waals surface area contributed by atoms with Crippen LogP contribution in [0.5, 0.6) is 11.5 Å². The third kappa shape index (κ3) is 5.89. The molecule has 0 amide bonds. The van der Waals surface area contributed by atoms with Gasteiger partial charge < -0.3 is 14.8 Å². The van der Waals surface area contributed by atoms with Crippen molar-refractivity contribution < 1.29 is 9.47 Å². The van der Waals surface area contributed by atoms with E-state index in [9.17, 15) is 0 Å². The first-order valence-electron chi connectivity index (χ1n) is 6.28. The van der Waals surface area contributed by atoms with Crippen LogP contribution >= 0.6 is 24.0 Å².